The van der Waals surface area contributed by atoms with E-state index in [0.717, 1.165) is 11.3 Å². The Morgan fingerprint density at radius 2 is 2.08 bits per heavy atom. The van der Waals surface area contributed by atoms with Crippen molar-refractivity contribution < 1.29 is 17.9 Å². The van der Waals surface area contributed by atoms with Gasteiger partial charge in [-0.05, 0) is 42.0 Å². The van der Waals surface area contributed by atoms with Crippen LogP contribution in [-0.4, -0.2) is 24.2 Å². The Morgan fingerprint density at radius 3 is 2.76 bits per heavy atom. The molecule has 1 heterocycles. The zero-order valence-electron chi connectivity index (χ0n) is 13.4. The third-order valence-electron chi connectivity index (χ3n) is 3.00. The number of hydrogen-bond donors (Lipinski definition) is 2. The molecule has 25 heavy (non-hydrogen) atoms. The lowest BCUT2D eigenvalue weighted by Crippen LogP contribution is -2.31. The van der Waals surface area contributed by atoms with E-state index in [1.807, 2.05) is 24.3 Å². The number of thiocarbonyl (C=S) groups is 1. The van der Waals surface area contributed by atoms with E-state index in [1.165, 1.54) is 6.21 Å². The van der Waals surface area contributed by atoms with Crippen LogP contribution in [0.5, 0.6) is 5.75 Å². The van der Waals surface area contributed by atoms with Crippen LogP contribution in [0.1, 0.15) is 17.1 Å². The van der Waals surface area contributed by atoms with Gasteiger partial charge in [-0.1, -0.05) is 23.9 Å². The van der Waals surface area contributed by atoms with Gasteiger partial charge in [0.25, 0.3) is 5.76 Å². The summed E-state index contributed by atoms with van der Waals surface area (Å²) in [6.45, 7) is 0.543. The summed E-state index contributed by atoms with van der Waals surface area (Å²) < 4.78 is 34.7. The normalized spacial score (nSPS) is 11.0. The number of rotatable bonds is 8. The molecule has 1 aromatic heterocycles. The summed E-state index contributed by atoms with van der Waals surface area (Å²) in [4.78, 5) is 0. The van der Waals surface area contributed by atoms with Crippen LogP contribution in [0.15, 0.2) is 45.9 Å². The molecule has 0 atom stereocenters. The zero-order chi connectivity index (χ0) is 18.1. The average molecular weight is 385 g/mol. The van der Waals surface area contributed by atoms with E-state index >= 15 is 0 Å². The summed E-state index contributed by atoms with van der Waals surface area (Å²) in [6, 6.07) is 10.9. The van der Waals surface area contributed by atoms with Gasteiger partial charge in [0.1, 0.15) is 17.3 Å². The van der Waals surface area contributed by atoms with E-state index in [9.17, 15) is 8.78 Å². The van der Waals surface area contributed by atoms with Gasteiger partial charge in [0.05, 0.1) is 19.1 Å². The first-order valence-electron chi connectivity index (χ1n) is 7.25. The molecule has 0 saturated carbocycles. The van der Waals surface area contributed by atoms with Crippen molar-refractivity contribution in [2.24, 2.45) is 5.10 Å². The Kier molecular flexibility index (Phi) is 7.68. The standard InChI is InChI=1S/C16H17F2N3O2S2/c1-22-12-4-2-11(3-5-12)8-19-16(24)21-20-9-13-6-7-14(23-13)10-25-15(17)18/h2-7,9,15H,8,10H2,1H3,(H2,19,21,24)/b20-9-. The van der Waals surface area contributed by atoms with Gasteiger partial charge in [-0.2, -0.15) is 13.9 Å². The van der Waals surface area contributed by atoms with Crippen molar-refractivity contribution in [1.29, 1.82) is 0 Å². The number of nitrogens with one attached hydrogen (secondary N) is 2. The average Bonchev–Trinajstić information content (AvgIpc) is 3.06. The highest BCUT2D eigenvalue weighted by Gasteiger charge is 2.06. The molecule has 0 aliphatic rings. The van der Waals surface area contributed by atoms with E-state index in [1.54, 1.807) is 19.2 Å². The quantitative estimate of drug-likeness (QED) is 0.410. The molecule has 9 heteroatoms. The lowest BCUT2D eigenvalue weighted by Gasteiger charge is -2.07. The lowest BCUT2D eigenvalue weighted by molar-refractivity contribution is 0.251. The smallest absolute Gasteiger partial charge is 0.284 e. The molecular weight excluding hydrogens is 368 g/mol. The first-order chi connectivity index (χ1) is 12.1. The molecule has 134 valence electrons. The molecule has 0 spiro atoms. The van der Waals surface area contributed by atoms with E-state index in [-0.39, 0.29) is 5.75 Å². The highest BCUT2D eigenvalue weighted by molar-refractivity contribution is 7.98. The fourth-order valence-corrected chi connectivity index (χ4v) is 2.38. The number of ether oxygens (including phenoxy) is 1. The number of benzene rings is 1. The van der Waals surface area contributed by atoms with Gasteiger partial charge in [-0.25, -0.2) is 0 Å². The maximum Gasteiger partial charge on any atom is 0.284 e. The van der Waals surface area contributed by atoms with Gasteiger partial charge in [0.15, 0.2) is 5.11 Å². The van der Waals surface area contributed by atoms with Gasteiger partial charge in [0, 0.05) is 6.54 Å². The van der Waals surface area contributed by atoms with Crippen LogP contribution in [-0.2, 0) is 12.3 Å². The van der Waals surface area contributed by atoms with Crippen molar-refractivity contribution in [1.82, 2.24) is 10.7 Å². The number of halogens is 2. The highest BCUT2D eigenvalue weighted by Crippen LogP contribution is 2.20. The zero-order valence-corrected chi connectivity index (χ0v) is 15.0. The number of alkyl halides is 2. The van der Waals surface area contributed by atoms with Gasteiger partial charge >= 0.3 is 0 Å². The van der Waals surface area contributed by atoms with Crippen LogP contribution in [0.2, 0.25) is 0 Å². The summed E-state index contributed by atoms with van der Waals surface area (Å²) in [6.07, 6.45) is 1.43. The van der Waals surface area contributed by atoms with E-state index in [0.29, 0.717) is 34.9 Å². The predicted octanol–water partition coefficient (Wildman–Crippen LogP) is 3.74. The molecule has 2 rings (SSSR count). The summed E-state index contributed by atoms with van der Waals surface area (Å²) >= 11 is 5.62. The van der Waals surface area contributed by atoms with Gasteiger partial charge in [-0.15, -0.1) is 0 Å². The van der Waals surface area contributed by atoms with Gasteiger partial charge < -0.3 is 14.5 Å². The third-order valence-corrected chi connectivity index (χ3v) is 3.94. The van der Waals surface area contributed by atoms with Gasteiger partial charge in [0.2, 0.25) is 0 Å². The van der Waals surface area contributed by atoms with Crippen LogP contribution in [0.25, 0.3) is 0 Å². The minimum Gasteiger partial charge on any atom is -0.497 e. The van der Waals surface area contributed by atoms with E-state index < -0.39 is 5.76 Å². The SMILES string of the molecule is COc1ccc(CNC(=S)N/N=C\c2ccc(CSC(F)F)o2)cc1. The Bertz CT molecular complexity index is 706. The topological polar surface area (TPSA) is 58.8 Å². The molecule has 2 aromatic rings. The summed E-state index contributed by atoms with van der Waals surface area (Å²) in [7, 11) is 1.62. The lowest BCUT2D eigenvalue weighted by atomic mass is 10.2. The minimum absolute atomic E-state index is 0.112. The number of nitrogens with zero attached hydrogens (tertiary/aromatic N) is 1. The summed E-state index contributed by atoms with van der Waals surface area (Å²) in [5.74, 6) is -0.597. The second kappa shape index (κ2) is 10.00. The van der Waals surface area contributed by atoms with Crippen molar-refractivity contribution in [2.75, 3.05) is 7.11 Å². The number of methoxy groups -OCH3 is 1. The molecule has 1 aromatic carbocycles. The van der Waals surface area contributed by atoms with Crippen LogP contribution in [0.3, 0.4) is 0 Å². The number of furan rings is 1. The number of thioether (sulfide) groups is 1. The second-order valence-corrected chi connectivity index (χ2v) is 6.16. The Balaban J connectivity index is 1.72. The van der Waals surface area contributed by atoms with E-state index in [2.05, 4.69) is 15.8 Å². The molecule has 0 aliphatic heterocycles. The monoisotopic (exact) mass is 385 g/mol. The molecule has 0 bridgehead atoms. The predicted molar refractivity (Wildman–Crippen MR) is 99.2 cm³/mol. The molecule has 0 radical (unpaired) electrons. The molecule has 5 nitrogen and oxygen atoms in total. The third kappa shape index (κ3) is 7.10. The van der Waals surface area contributed by atoms with Crippen molar-refractivity contribution in [3.63, 3.8) is 0 Å². The van der Waals surface area contributed by atoms with Crippen LogP contribution >= 0.6 is 24.0 Å². The molecule has 0 amide bonds. The fourth-order valence-electron chi connectivity index (χ4n) is 1.81. The summed E-state index contributed by atoms with van der Waals surface area (Å²) in [5.41, 5.74) is 3.71. The van der Waals surface area contributed by atoms with Crippen LogP contribution < -0.4 is 15.5 Å². The van der Waals surface area contributed by atoms with E-state index in [4.69, 9.17) is 21.4 Å². The number of hydrazone groups is 1. The van der Waals surface area contributed by atoms with Crippen molar-refractivity contribution >= 4 is 35.3 Å². The molecule has 2 N–H and O–H groups in total. The molecule has 0 saturated heterocycles. The Hall–Kier alpha value is -2.13. The first-order valence-corrected chi connectivity index (χ1v) is 8.71. The largest absolute Gasteiger partial charge is 0.497 e. The molecular formula is C16H17F2N3O2S2. The molecule has 0 unspecified atom stereocenters. The maximum atomic E-state index is 12.1. The van der Waals surface area contributed by atoms with Crippen molar-refractivity contribution in [2.45, 2.75) is 18.1 Å². The highest BCUT2D eigenvalue weighted by atomic mass is 32.2. The number of hydrogen-bond acceptors (Lipinski definition) is 5. The van der Waals surface area contributed by atoms with Crippen LogP contribution in [0, 0.1) is 0 Å². The van der Waals surface area contributed by atoms with Crippen molar-refractivity contribution in [3.05, 3.63) is 53.5 Å². The minimum atomic E-state index is -2.42. The van der Waals surface area contributed by atoms with Crippen molar-refractivity contribution in [3.8, 4) is 5.75 Å². The second-order valence-electron chi connectivity index (χ2n) is 4.78. The fraction of sp³-hybridized carbons (Fsp3) is 0.250. The van der Waals surface area contributed by atoms with Gasteiger partial charge in [-0.3, -0.25) is 5.43 Å². The maximum absolute atomic E-state index is 12.1. The van der Waals surface area contributed by atoms with Crippen LogP contribution in [0.4, 0.5) is 8.78 Å². The summed E-state index contributed by atoms with van der Waals surface area (Å²) in [5, 5.41) is 7.31. The Labute approximate surface area is 153 Å². The molecule has 0 fully saturated rings. The molecule has 0 aliphatic carbocycles. The first kappa shape index (κ1) is 19.2. The Morgan fingerprint density at radius 1 is 1.32 bits per heavy atom.